The third kappa shape index (κ3) is 2.74. The molecule has 3 rings (SSSR count). The standard InChI is InChI=1S/C17H25ClN2/c1-17(2)10-12-6-7-13(18)9-15(12)16(17)19-14-5-4-8-20(3)11-14/h6-7,9,14,16,19H,4-5,8,10-11H2,1-3H3. The second-order valence-corrected chi connectivity index (χ2v) is 7.65. The highest BCUT2D eigenvalue weighted by molar-refractivity contribution is 6.30. The summed E-state index contributed by atoms with van der Waals surface area (Å²) in [4.78, 5) is 2.43. The number of hydrogen-bond acceptors (Lipinski definition) is 2. The van der Waals surface area contributed by atoms with E-state index in [-0.39, 0.29) is 5.41 Å². The van der Waals surface area contributed by atoms with Crippen LogP contribution in [0, 0.1) is 5.41 Å². The first kappa shape index (κ1) is 14.4. The summed E-state index contributed by atoms with van der Waals surface area (Å²) in [5, 5.41) is 4.78. The number of hydrogen-bond donors (Lipinski definition) is 1. The summed E-state index contributed by atoms with van der Waals surface area (Å²) in [6.45, 7) is 7.12. The Morgan fingerprint density at radius 1 is 1.35 bits per heavy atom. The maximum absolute atomic E-state index is 6.21. The number of rotatable bonds is 2. The number of benzene rings is 1. The molecule has 2 atom stereocenters. The largest absolute Gasteiger partial charge is 0.305 e. The van der Waals surface area contributed by atoms with Gasteiger partial charge in [0.2, 0.25) is 0 Å². The lowest BCUT2D eigenvalue weighted by molar-refractivity contribution is 0.180. The number of likely N-dealkylation sites (N-methyl/N-ethyl adjacent to an activating group) is 1. The molecule has 0 radical (unpaired) electrons. The van der Waals surface area contributed by atoms with E-state index in [9.17, 15) is 0 Å². The zero-order valence-corrected chi connectivity index (χ0v) is 13.5. The first-order chi connectivity index (χ1) is 9.45. The minimum Gasteiger partial charge on any atom is -0.305 e. The summed E-state index contributed by atoms with van der Waals surface area (Å²) in [5.74, 6) is 0. The first-order valence-electron chi connectivity index (χ1n) is 7.68. The SMILES string of the molecule is CN1CCCC(NC2c3cc(Cl)ccc3CC2(C)C)C1. The van der Waals surface area contributed by atoms with Gasteiger partial charge in [0, 0.05) is 23.7 Å². The van der Waals surface area contributed by atoms with E-state index >= 15 is 0 Å². The van der Waals surface area contributed by atoms with Crippen LogP contribution in [-0.4, -0.2) is 31.1 Å². The fourth-order valence-electron chi connectivity index (χ4n) is 3.86. The van der Waals surface area contributed by atoms with Crippen molar-refractivity contribution in [3.8, 4) is 0 Å². The number of fused-ring (bicyclic) bond motifs is 1. The van der Waals surface area contributed by atoms with Gasteiger partial charge in [0.1, 0.15) is 0 Å². The summed E-state index contributed by atoms with van der Waals surface area (Å²) in [6.07, 6.45) is 3.72. The number of nitrogens with one attached hydrogen (secondary N) is 1. The van der Waals surface area contributed by atoms with Crippen LogP contribution in [0.2, 0.25) is 5.02 Å². The first-order valence-corrected chi connectivity index (χ1v) is 8.06. The Labute approximate surface area is 127 Å². The molecule has 2 aliphatic rings. The van der Waals surface area contributed by atoms with Crippen LogP contribution in [0.1, 0.15) is 43.9 Å². The maximum atomic E-state index is 6.21. The highest BCUT2D eigenvalue weighted by Crippen LogP contribution is 2.46. The van der Waals surface area contributed by atoms with Crippen molar-refractivity contribution >= 4 is 11.6 Å². The van der Waals surface area contributed by atoms with Crippen molar-refractivity contribution in [2.45, 2.75) is 45.2 Å². The highest BCUT2D eigenvalue weighted by Gasteiger charge is 2.40. The van der Waals surface area contributed by atoms with Crippen molar-refractivity contribution in [1.29, 1.82) is 0 Å². The molecule has 3 heteroatoms. The molecule has 1 aliphatic heterocycles. The van der Waals surface area contributed by atoms with E-state index in [1.807, 2.05) is 6.07 Å². The quantitative estimate of drug-likeness (QED) is 0.895. The molecule has 2 unspecified atom stereocenters. The molecular weight excluding hydrogens is 268 g/mol. The Balaban J connectivity index is 1.82. The van der Waals surface area contributed by atoms with Crippen LogP contribution in [-0.2, 0) is 6.42 Å². The molecule has 0 amide bonds. The lowest BCUT2D eigenvalue weighted by atomic mass is 9.84. The molecular formula is C17H25ClN2. The number of piperidine rings is 1. The molecule has 1 aromatic carbocycles. The van der Waals surface area contributed by atoms with Crippen molar-refractivity contribution in [1.82, 2.24) is 10.2 Å². The molecule has 110 valence electrons. The van der Waals surface area contributed by atoms with E-state index in [1.165, 1.54) is 30.5 Å². The van der Waals surface area contributed by atoms with Gasteiger partial charge in [-0.25, -0.2) is 0 Å². The third-order valence-corrected chi connectivity index (χ3v) is 5.11. The lowest BCUT2D eigenvalue weighted by Gasteiger charge is -2.37. The van der Waals surface area contributed by atoms with Crippen LogP contribution >= 0.6 is 11.6 Å². The fraction of sp³-hybridized carbons (Fsp3) is 0.647. The van der Waals surface area contributed by atoms with Gasteiger partial charge in [-0.2, -0.15) is 0 Å². The molecule has 0 aromatic heterocycles. The van der Waals surface area contributed by atoms with Gasteiger partial charge in [-0.3, -0.25) is 0 Å². The molecule has 1 heterocycles. The zero-order valence-electron chi connectivity index (χ0n) is 12.7. The number of likely N-dealkylation sites (tertiary alicyclic amines) is 1. The minimum absolute atomic E-state index is 0.267. The fourth-order valence-corrected chi connectivity index (χ4v) is 4.04. The van der Waals surface area contributed by atoms with Crippen molar-refractivity contribution in [2.75, 3.05) is 20.1 Å². The number of nitrogens with zero attached hydrogens (tertiary/aromatic N) is 1. The molecule has 1 aromatic rings. The van der Waals surface area contributed by atoms with Gasteiger partial charge in [-0.1, -0.05) is 31.5 Å². The molecule has 0 saturated carbocycles. The summed E-state index contributed by atoms with van der Waals surface area (Å²) in [7, 11) is 2.22. The maximum Gasteiger partial charge on any atom is 0.0409 e. The van der Waals surface area contributed by atoms with Crippen molar-refractivity contribution < 1.29 is 0 Å². The Bertz CT molecular complexity index is 498. The van der Waals surface area contributed by atoms with Crippen molar-refractivity contribution in [3.63, 3.8) is 0 Å². The van der Waals surface area contributed by atoms with E-state index in [4.69, 9.17) is 11.6 Å². The minimum atomic E-state index is 0.267. The van der Waals surface area contributed by atoms with Gasteiger partial charge in [-0.15, -0.1) is 0 Å². The second kappa shape index (κ2) is 5.32. The van der Waals surface area contributed by atoms with Gasteiger partial charge in [0.05, 0.1) is 0 Å². The molecule has 1 N–H and O–H groups in total. The van der Waals surface area contributed by atoms with E-state index in [2.05, 4.69) is 43.2 Å². The Kier molecular flexibility index (Phi) is 3.83. The van der Waals surface area contributed by atoms with Crippen LogP contribution < -0.4 is 5.32 Å². The number of halogens is 1. The van der Waals surface area contributed by atoms with E-state index in [0.717, 1.165) is 18.0 Å². The van der Waals surface area contributed by atoms with Crippen molar-refractivity contribution in [3.05, 3.63) is 34.3 Å². The summed E-state index contributed by atoms with van der Waals surface area (Å²) < 4.78 is 0. The van der Waals surface area contributed by atoms with Crippen molar-refractivity contribution in [2.24, 2.45) is 5.41 Å². The second-order valence-electron chi connectivity index (χ2n) is 7.21. The predicted octanol–water partition coefficient (Wildman–Crippen LogP) is 3.65. The van der Waals surface area contributed by atoms with E-state index < -0.39 is 0 Å². The van der Waals surface area contributed by atoms with Gasteiger partial charge >= 0.3 is 0 Å². The average molecular weight is 293 g/mol. The van der Waals surface area contributed by atoms with Crippen LogP contribution in [0.5, 0.6) is 0 Å². The zero-order chi connectivity index (χ0) is 14.3. The average Bonchev–Trinajstić information content (AvgIpc) is 2.61. The van der Waals surface area contributed by atoms with Crippen LogP contribution in [0.15, 0.2) is 18.2 Å². The Hall–Kier alpha value is -0.570. The topological polar surface area (TPSA) is 15.3 Å². The van der Waals surface area contributed by atoms with Gasteiger partial charge < -0.3 is 10.2 Å². The van der Waals surface area contributed by atoms with Gasteiger partial charge in [-0.05, 0) is 61.5 Å². The predicted molar refractivity (Wildman–Crippen MR) is 85.3 cm³/mol. The summed E-state index contributed by atoms with van der Waals surface area (Å²) in [5.41, 5.74) is 3.14. The van der Waals surface area contributed by atoms with Crippen LogP contribution in [0.4, 0.5) is 0 Å². The van der Waals surface area contributed by atoms with E-state index in [1.54, 1.807) is 0 Å². The normalized spacial score (nSPS) is 29.4. The molecule has 0 bridgehead atoms. The van der Waals surface area contributed by atoms with Crippen LogP contribution in [0.25, 0.3) is 0 Å². The molecule has 1 fully saturated rings. The molecule has 1 aliphatic carbocycles. The van der Waals surface area contributed by atoms with Gasteiger partial charge in [0.15, 0.2) is 0 Å². The smallest absolute Gasteiger partial charge is 0.0409 e. The Morgan fingerprint density at radius 2 is 2.15 bits per heavy atom. The molecule has 20 heavy (non-hydrogen) atoms. The Morgan fingerprint density at radius 3 is 2.90 bits per heavy atom. The third-order valence-electron chi connectivity index (χ3n) is 4.87. The summed E-state index contributed by atoms with van der Waals surface area (Å²) >= 11 is 6.21. The lowest BCUT2D eigenvalue weighted by Crippen LogP contribution is -2.47. The highest BCUT2D eigenvalue weighted by atomic mass is 35.5. The monoisotopic (exact) mass is 292 g/mol. The summed E-state index contributed by atoms with van der Waals surface area (Å²) in [6, 6.07) is 7.41. The molecule has 0 spiro atoms. The molecule has 2 nitrogen and oxygen atoms in total. The van der Waals surface area contributed by atoms with Crippen LogP contribution in [0.3, 0.4) is 0 Å². The molecule has 1 saturated heterocycles. The van der Waals surface area contributed by atoms with E-state index in [0.29, 0.717) is 12.1 Å². The van der Waals surface area contributed by atoms with Gasteiger partial charge in [0.25, 0.3) is 0 Å².